The Kier molecular flexibility index (Phi) is 7.53. The van der Waals surface area contributed by atoms with Crippen LogP contribution in [0.3, 0.4) is 0 Å². The summed E-state index contributed by atoms with van der Waals surface area (Å²) in [5, 5.41) is 2.95. The van der Waals surface area contributed by atoms with E-state index >= 15 is 0 Å². The maximum Gasteiger partial charge on any atom is 0.239 e. The standard InChI is InChI=1S/C20H31N3O2S/c1-14-10-15(2)12-23(11-14)20(25)16(3)22(4)13-19(24)21-17-8-6-7-9-18(17)26-5/h6-9,14-16H,10-13H2,1-5H3,(H,21,24)/t14-,15-,16+/m0/s1. The first-order chi connectivity index (χ1) is 12.3. The summed E-state index contributed by atoms with van der Waals surface area (Å²) in [6, 6.07) is 7.43. The molecule has 1 heterocycles. The van der Waals surface area contributed by atoms with Crippen molar-refractivity contribution in [2.45, 2.75) is 38.1 Å². The molecule has 0 radical (unpaired) electrons. The highest BCUT2D eigenvalue weighted by Gasteiger charge is 2.30. The lowest BCUT2D eigenvalue weighted by molar-refractivity contribution is -0.139. The van der Waals surface area contributed by atoms with Crippen LogP contribution >= 0.6 is 11.8 Å². The van der Waals surface area contributed by atoms with Gasteiger partial charge in [-0.15, -0.1) is 11.8 Å². The summed E-state index contributed by atoms with van der Waals surface area (Å²) in [5.41, 5.74) is 0.816. The lowest BCUT2D eigenvalue weighted by atomic mass is 9.91. The predicted molar refractivity (Wildman–Crippen MR) is 108 cm³/mol. The number of piperidine rings is 1. The number of nitrogens with one attached hydrogen (secondary N) is 1. The highest BCUT2D eigenvalue weighted by atomic mass is 32.2. The van der Waals surface area contributed by atoms with E-state index in [0.29, 0.717) is 11.8 Å². The molecule has 26 heavy (non-hydrogen) atoms. The quantitative estimate of drug-likeness (QED) is 0.774. The third-order valence-corrected chi connectivity index (χ3v) is 5.77. The molecule has 1 aromatic carbocycles. The van der Waals surface area contributed by atoms with E-state index in [4.69, 9.17) is 0 Å². The van der Waals surface area contributed by atoms with Gasteiger partial charge < -0.3 is 10.2 Å². The van der Waals surface area contributed by atoms with Crippen molar-refractivity contribution < 1.29 is 9.59 Å². The molecule has 1 aliphatic heterocycles. The van der Waals surface area contributed by atoms with E-state index < -0.39 is 0 Å². The van der Waals surface area contributed by atoms with Gasteiger partial charge in [0.05, 0.1) is 18.3 Å². The molecule has 1 saturated heterocycles. The lowest BCUT2D eigenvalue weighted by Crippen LogP contribution is -2.51. The van der Waals surface area contributed by atoms with Crippen LogP contribution in [0.4, 0.5) is 5.69 Å². The van der Waals surface area contributed by atoms with E-state index in [9.17, 15) is 9.59 Å². The minimum atomic E-state index is -0.311. The second-order valence-electron chi connectivity index (χ2n) is 7.53. The highest BCUT2D eigenvalue weighted by molar-refractivity contribution is 7.98. The number of carbonyl (C=O) groups excluding carboxylic acids is 2. The normalized spacial score (nSPS) is 21.5. The summed E-state index contributed by atoms with van der Waals surface area (Å²) < 4.78 is 0. The van der Waals surface area contributed by atoms with Gasteiger partial charge in [-0.2, -0.15) is 0 Å². The zero-order valence-electron chi connectivity index (χ0n) is 16.5. The Balaban J connectivity index is 1.92. The van der Waals surface area contributed by atoms with Crippen LogP contribution in [0, 0.1) is 11.8 Å². The molecule has 2 rings (SSSR count). The topological polar surface area (TPSA) is 52.7 Å². The number of likely N-dealkylation sites (tertiary alicyclic amines) is 1. The highest BCUT2D eigenvalue weighted by Crippen LogP contribution is 2.25. The van der Waals surface area contributed by atoms with E-state index in [2.05, 4.69) is 19.2 Å². The van der Waals surface area contributed by atoms with Crippen LogP contribution in [0.5, 0.6) is 0 Å². The van der Waals surface area contributed by atoms with Crippen molar-refractivity contribution in [2.24, 2.45) is 11.8 Å². The molecule has 1 fully saturated rings. The second kappa shape index (κ2) is 9.42. The fourth-order valence-corrected chi connectivity index (χ4v) is 4.15. The number of para-hydroxylation sites is 1. The zero-order chi connectivity index (χ0) is 19.3. The van der Waals surface area contributed by atoms with Gasteiger partial charge in [-0.05, 0) is 50.6 Å². The molecule has 0 bridgehead atoms. The Morgan fingerprint density at radius 3 is 2.50 bits per heavy atom. The van der Waals surface area contributed by atoms with Crippen molar-refractivity contribution in [3.05, 3.63) is 24.3 Å². The molecule has 1 aliphatic rings. The van der Waals surface area contributed by atoms with Crippen molar-refractivity contribution in [1.82, 2.24) is 9.80 Å². The van der Waals surface area contributed by atoms with Gasteiger partial charge in [0.15, 0.2) is 0 Å². The van der Waals surface area contributed by atoms with E-state index in [0.717, 1.165) is 23.7 Å². The van der Waals surface area contributed by atoms with E-state index in [-0.39, 0.29) is 24.4 Å². The summed E-state index contributed by atoms with van der Waals surface area (Å²) in [7, 11) is 1.83. The number of thioether (sulfide) groups is 1. The molecular formula is C20H31N3O2S. The molecule has 0 unspecified atom stereocenters. The number of carbonyl (C=O) groups is 2. The largest absolute Gasteiger partial charge is 0.341 e. The second-order valence-corrected chi connectivity index (χ2v) is 8.38. The van der Waals surface area contributed by atoms with Crippen LogP contribution in [0.1, 0.15) is 27.2 Å². The molecule has 0 saturated carbocycles. The number of benzene rings is 1. The average Bonchev–Trinajstić information content (AvgIpc) is 2.59. The molecule has 1 aromatic rings. The van der Waals surface area contributed by atoms with E-state index in [1.807, 2.05) is 54.3 Å². The van der Waals surface area contributed by atoms with Gasteiger partial charge in [-0.1, -0.05) is 26.0 Å². The Morgan fingerprint density at radius 1 is 1.27 bits per heavy atom. The van der Waals surface area contributed by atoms with Gasteiger partial charge in [0.1, 0.15) is 0 Å². The van der Waals surface area contributed by atoms with Crippen molar-refractivity contribution >= 4 is 29.3 Å². The number of rotatable bonds is 6. The van der Waals surface area contributed by atoms with E-state index in [1.54, 1.807) is 11.8 Å². The molecule has 0 aromatic heterocycles. The van der Waals surface area contributed by atoms with Gasteiger partial charge in [0.25, 0.3) is 0 Å². The minimum absolute atomic E-state index is 0.103. The molecule has 2 amide bonds. The minimum Gasteiger partial charge on any atom is -0.341 e. The number of hydrogen-bond acceptors (Lipinski definition) is 4. The van der Waals surface area contributed by atoms with Gasteiger partial charge in [-0.25, -0.2) is 0 Å². The maximum absolute atomic E-state index is 12.8. The molecule has 1 N–H and O–H groups in total. The molecule has 3 atom stereocenters. The summed E-state index contributed by atoms with van der Waals surface area (Å²) in [6.07, 6.45) is 3.16. The van der Waals surface area contributed by atoms with Crippen molar-refractivity contribution in [2.75, 3.05) is 38.3 Å². The summed E-state index contributed by atoms with van der Waals surface area (Å²) in [5.74, 6) is 1.08. The molecule has 0 aliphatic carbocycles. The number of hydrogen-bond donors (Lipinski definition) is 1. The molecular weight excluding hydrogens is 346 g/mol. The Morgan fingerprint density at radius 2 is 1.88 bits per heavy atom. The van der Waals surface area contributed by atoms with Crippen LogP contribution < -0.4 is 5.32 Å². The summed E-state index contributed by atoms with van der Waals surface area (Å²) in [4.78, 5) is 30.0. The monoisotopic (exact) mass is 377 g/mol. The smallest absolute Gasteiger partial charge is 0.239 e. The summed E-state index contributed by atoms with van der Waals surface area (Å²) in [6.45, 7) is 8.09. The first-order valence-corrected chi connectivity index (χ1v) is 10.5. The molecule has 6 heteroatoms. The fourth-order valence-electron chi connectivity index (χ4n) is 3.60. The van der Waals surface area contributed by atoms with Crippen molar-refractivity contribution in [3.8, 4) is 0 Å². The number of amides is 2. The van der Waals surface area contributed by atoms with Crippen LogP contribution in [-0.2, 0) is 9.59 Å². The van der Waals surface area contributed by atoms with Gasteiger partial charge in [-0.3, -0.25) is 14.5 Å². The third-order valence-electron chi connectivity index (χ3n) is 4.97. The van der Waals surface area contributed by atoms with Crippen LogP contribution in [0.2, 0.25) is 0 Å². The Hall–Kier alpha value is -1.53. The van der Waals surface area contributed by atoms with Gasteiger partial charge in [0, 0.05) is 18.0 Å². The average molecular weight is 378 g/mol. The lowest BCUT2D eigenvalue weighted by Gasteiger charge is -2.38. The molecule has 144 valence electrons. The number of likely N-dealkylation sites (N-methyl/N-ethyl adjacent to an activating group) is 1. The Bertz CT molecular complexity index is 627. The van der Waals surface area contributed by atoms with Crippen LogP contribution in [0.25, 0.3) is 0 Å². The maximum atomic E-state index is 12.8. The first kappa shape index (κ1) is 20.8. The van der Waals surface area contributed by atoms with Gasteiger partial charge >= 0.3 is 0 Å². The predicted octanol–water partition coefficient (Wildman–Crippen LogP) is 3.17. The number of nitrogens with zero attached hydrogens (tertiary/aromatic N) is 2. The van der Waals surface area contributed by atoms with Gasteiger partial charge in [0.2, 0.25) is 11.8 Å². The number of anilines is 1. The fraction of sp³-hybridized carbons (Fsp3) is 0.600. The van der Waals surface area contributed by atoms with E-state index in [1.165, 1.54) is 6.42 Å². The third kappa shape index (κ3) is 5.48. The van der Waals surface area contributed by atoms with Crippen molar-refractivity contribution in [1.29, 1.82) is 0 Å². The van der Waals surface area contributed by atoms with Crippen molar-refractivity contribution in [3.63, 3.8) is 0 Å². The molecule has 0 spiro atoms. The Labute approximate surface area is 161 Å². The molecule has 5 nitrogen and oxygen atoms in total. The van der Waals surface area contributed by atoms with Crippen LogP contribution in [0.15, 0.2) is 29.2 Å². The van der Waals surface area contributed by atoms with Crippen LogP contribution in [-0.4, -0.2) is 60.6 Å². The summed E-state index contributed by atoms with van der Waals surface area (Å²) >= 11 is 1.60. The zero-order valence-corrected chi connectivity index (χ0v) is 17.3. The first-order valence-electron chi connectivity index (χ1n) is 9.23. The SMILES string of the molecule is CSc1ccccc1NC(=O)CN(C)[C@H](C)C(=O)N1C[C@@H](C)C[C@H](C)C1.